The number of anilines is 1. The summed E-state index contributed by atoms with van der Waals surface area (Å²) in [7, 11) is 0. The minimum absolute atomic E-state index is 0.0623. The molecule has 4 nitrogen and oxygen atoms in total. The molecule has 118 valence electrons. The zero-order chi connectivity index (χ0) is 15.5. The third-order valence-corrected chi connectivity index (χ3v) is 5.27. The van der Waals surface area contributed by atoms with Crippen molar-refractivity contribution in [1.82, 2.24) is 4.90 Å². The monoisotopic (exact) mass is 318 g/mol. The van der Waals surface area contributed by atoms with Gasteiger partial charge < -0.3 is 9.80 Å². The second-order valence-corrected chi connectivity index (χ2v) is 6.87. The van der Waals surface area contributed by atoms with Crippen molar-refractivity contribution in [3.8, 4) is 0 Å². The van der Waals surface area contributed by atoms with Gasteiger partial charge in [0.1, 0.15) is 0 Å². The number of hydrogen-bond donors (Lipinski definition) is 0. The summed E-state index contributed by atoms with van der Waals surface area (Å²) in [5, 5.41) is 0. The van der Waals surface area contributed by atoms with Gasteiger partial charge in [-0.25, -0.2) is 0 Å². The number of piperidine rings is 1. The van der Waals surface area contributed by atoms with Crippen molar-refractivity contribution in [2.75, 3.05) is 30.8 Å². The van der Waals surface area contributed by atoms with E-state index in [9.17, 15) is 9.59 Å². The van der Waals surface area contributed by atoms with E-state index in [-0.39, 0.29) is 17.7 Å². The molecule has 2 aliphatic rings. The Kier molecular flexibility index (Phi) is 4.71. The maximum Gasteiger partial charge on any atom is 0.228 e. The lowest BCUT2D eigenvalue weighted by molar-refractivity contribution is -0.136. The largest absolute Gasteiger partial charge is 0.342 e. The van der Waals surface area contributed by atoms with Crippen LogP contribution in [0, 0.1) is 5.92 Å². The summed E-state index contributed by atoms with van der Waals surface area (Å²) in [5.41, 5.74) is 0.900. The third-order valence-electron chi connectivity index (χ3n) is 4.53. The molecule has 0 N–H and O–H groups in total. The Bertz CT molecular complexity index is 552. The molecule has 0 spiro atoms. The predicted octanol–water partition coefficient (Wildman–Crippen LogP) is 2.77. The van der Waals surface area contributed by atoms with Crippen LogP contribution in [0.2, 0.25) is 0 Å². The standard InChI is InChI=1S/C17H22N2O2S/c1-22-15-7-5-14(6-8-15)19-12-13(11-16(19)20)17(21)18-9-3-2-4-10-18/h5-8,13H,2-4,9-12H2,1H3. The first-order chi connectivity index (χ1) is 10.7. The van der Waals surface area contributed by atoms with Gasteiger partial charge in [-0.05, 0) is 49.8 Å². The minimum Gasteiger partial charge on any atom is -0.342 e. The van der Waals surface area contributed by atoms with Crippen molar-refractivity contribution < 1.29 is 9.59 Å². The average Bonchev–Trinajstić information content (AvgIpc) is 2.97. The van der Waals surface area contributed by atoms with Gasteiger partial charge in [-0.2, -0.15) is 0 Å². The van der Waals surface area contributed by atoms with E-state index in [1.165, 1.54) is 11.3 Å². The highest BCUT2D eigenvalue weighted by Gasteiger charge is 2.37. The molecule has 1 unspecified atom stereocenters. The molecule has 2 amide bonds. The number of hydrogen-bond acceptors (Lipinski definition) is 3. The predicted molar refractivity (Wildman–Crippen MR) is 89.1 cm³/mol. The number of nitrogens with zero attached hydrogens (tertiary/aromatic N) is 2. The Balaban J connectivity index is 1.68. The summed E-state index contributed by atoms with van der Waals surface area (Å²) in [5.74, 6) is 0.0503. The number of likely N-dealkylation sites (tertiary alicyclic amines) is 1. The molecule has 5 heteroatoms. The molecular weight excluding hydrogens is 296 g/mol. The van der Waals surface area contributed by atoms with Crippen molar-refractivity contribution in [3.63, 3.8) is 0 Å². The average molecular weight is 318 g/mol. The lowest BCUT2D eigenvalue weighted by Crippen LogP contribution is -2.40. The van der Waals surface area contributed by atoms with Crippen LogP contribution in [0.3, 0.4) is 0 Å². The highest BCUT2D eigenvalue weighted by atomic mass is 32.2. The van der Waals surface area contributed by atoms with E-state index in [2.05, 4.69) is 0 Å². The van der Waals surface area contributed by atoms with Gasteiger partial charge in [0, 0.05) is 36.6 Å². The van der Waals surface area contributed by atoms with Crippen molar-refractivity contribution in [2.24, 2.45) is 5.92 Å². The molecule has 2 aliphatic heterocycles. The van der Waals surface area contributed by atoms with Gasteiger partial charge in [-0.1, -0.05) is 0 Å². The van der Waals surface area contributed by atoms with Gasteiger partial charge in [0.25, 0.3) is 0 Å². The van der Waals surface area contributed by atoms with Crippen LogP contribution in [-0.2, 0) is 9.59 Å². The van der Waals surface area contributed by atoms with E-state index in [0.29, 0.717) is 13.0 Å². The summed E-state index contributed by atoms with van der Waals surface area (Å²) in [6.07, 6.45) is 5.77. The summed E-state index contributed by atoms with van der Waals surface area (Å²) in [4.78, 5) is 29.7. The Morgan fingerprint density at radius 2 is 1.82 bits per heavy atom. The number of amides is 2. The number of thioether (sulfide) groups is 1. The molecule has 0 bridgehead atoms. The first-order valence-corrected chi connectivity index (χ1v) is 9.14. The molecule has 2 fully saturated rings. The SMILES string of the molecule is CSc1ccc(N2CC(C(=O)N3CCCCC3)CC2=O)cc1. The van der Waals surface area contributed by atoms with Gasteiger partial charge in [0.05, 0.1) is 5.92 Å². The lowest BCUT2D eigenvalue weighted by Gasteiger charge is -2.29. The summed E-state index contributed by atoms with van der Waals surface area (Å²) in [6, 6.07) is 7.98. The fraction of sp³-hybridized carbons (Fsp3) is 0.529. The van der Waals surface area contributed by atoms with Crippen molar-refractivity contribution >= 4 is 29.3 Å². The zero-order valence-corrected chi connectivity index (χ0v) is 13.8. The van der Waals surface area contributed by atoms with Crippen LogP contribution in [0.1, 0.15) is 25.7 Å². The molecule has 22 heavy (non-hydrogen) atoms. The van der Waals surface area contributed by atoms with Crippen LogP contribution in [-0.4, -0.2) is 42.6 Å². The Hall–Kier alpha value is -1.49. The van der Waals surface area contributed by atoms with Crippen LogP contribution in [0.15, 0.2) is 29.2 Å². The van der Waals surface area contributed by atoms with E-state index in [1.54, 1.807) is 16.7 Å². The lowest BCUT2D eigenvalue weighted by atomic mass is 10.0. The summed E-state index contributed by atoms with van der Waals surface area (Å²) < 4.78 is 0. The van der Waals surface area contributed by atoms with Gasteiger partial charge in [0.2, 0.25) is 11.8 Å². The number of rotatable bonds is 3. The molecule has 2 heterocycles. The molecule has 1 aromatic carbocycles. The molecule has 1 aromatic rings. The molecule has 0 radical (unpaired) electrons. The summed E-state index contributed by atoms with van der Waals surface area (Å²) >= 11 is 1.68. The Morgan fingerprint density at radius 3 is 2.45 bits per heavy atom. The number of carbonyl (C=O) groups excluding carboxylic acids is 2. The highest BCUT2D eigenvalue weighted by Crippen LogP contribution is 2.28. The van der Waals surface area contributed by atoms with Crippen LogP contribution >= 0.6 is 11.8 Å². The van der Waals surface area contributed by atoms with Crippen molar-refractivity contribution in [2.45, 2.75) is 30.6 Å². The molecule has 0 aliphatic carbocycles. The maximum absolute atomic E-state index is 12.6. The highest BCUT2D eigenvalue weighted by molar-refractivity contribution is 7.98. The van der Waals surface area contributed by atoms with E-state index in [4.69, 9.17) is 0 Å². The number of carbonyl (C=O) groups is 2. The summed E-state index contributed by atoms with van der Waals surface area (Å²) in [6.45, 7) is 2.23. The normalized spacial score (nSPS) is 22.2. The second-order valence-electron chi connectivity index (χ2n) is 5.99. The molecule has 3 rings (SSSR count). The maximum atomic E-state index is 12.6. The molecule has 1 atom stereocenters. The second kappa shape index (κ2) is 6.73. The van der Waals surface area contributed by atoms with Crippen molar-refractivity contribution in [3.05, 3.63) is 24.3 Å². The fourth-order valence-electron chi connectivity index (χ4n) is 3.26. The number of benzene rings is 1. The van der Waals surface area contributed by atoms with E-state index in [1.807, 2.05) is 35.4 Å². The first-order valence-electron chi connectivity index (χ1n) is 7.92. The van der Waals surface area contributed by atoms with Gasteiger partial charge in [-0.3, -0.25) is 9.59 Å². The molecule has 0 aromatic heterocycles. The van der Waals surface area contributed by atoms with E-state index < -0.39 is 0 Å². The van der Waals surface area contributed by atoms with Crippen LogP contribution in [0.25, 0.3) is 0 Å². The van der Waals surface area contributed by atoms with Crippen LogP contribution in [0.4, 0.5) is 5.69 Å². The van der Waals surface area contributed by atoms with Gasteiger partial charge in [-0.15, -0.1) is 11.8 Å². The van der Waals surface area contributed by atoms with Gasteiger partial charge in [0.15, 0.2) is 0 Å². The Labute approximate surface area is 135 Å². The molecule has 0 saturated carbocycles. The van der Waals surface area contributed by atoms with Crippen molar-refractivity contribution in [1.29, 1.82) is 0 Å². The fourth-order valence-corrected chi connectivity index (χ4v) is 3.67. The quantitative estimate of drug-likeness (QED) is 0.805. The molecule has 2 saturated heterocycles. The topological polar surface area (TPSA) is 40.6 Å². The minimum atomic E-state index is -0.175. The zero-order valence-electron chi connectivity index (χ0n) is 13.0. The van der Waals surface area contributed by atoms with Crippen LogP contribution < -0.4 is 4.90 Å². The van der Waals surface area contributed by atoms with E-state index >= 15 is 0 Å². The Morgan fingerprint density at radius 1 is 1.14 bits per heavy atom. The van der Waals surface area contributed by atoms with Gasteiger partial charge >= 0.3 is 0 Å². The van der Waals surface area contributed by atoms with Crippen LogP contribution in [0.5, 0.6) is 0 Å². The first kappa shape index (κ1) is 15.4. The van der Waals surface area contributed by atoms with E-state index in [0.717, 1.165) is 31.6 Å². The third kappa shape index (κ3) is 3.14. The molecular formula is C17H22N2O2S. The smallest absolute Gasteiger partial charge is 0.228 e.